The molecule has 0 aromatic carbocycles. The van der Waals surface area contributed by atoms with Gasteiger partial charge in [0.25, 0.3) is 0 Å². The van der Waals surface area contributed by atoms with E-state index >= 15 is 0 Å². The van der Waals surface area contributed by atoms with E-state index in [0.29, 0.717) is 0 Å². The Bertz CT molecular complexity index is 146. The lowest BCUT2D eigenvalue weighted by molar-refractivity contribution is 0.748. The summed E-state index contributed by atoms with van der Waals surface area (Å²) in [4.78, 5) is 1.39. The van der Waals surface area contributed by atoms with Crippen molar-refractivity contribution in [1.29, 1.82) is 0 Å². The maximum Gasteiger partial charge on any atom is 0.0511 e. The monoisotopic (exact) mass is 131 g/mol. The van der Waals surface area contributed by atoms with Crippen LogP contribution in [0.4, 0.5) is 0 Å². The molecule has 0 saturated heterocycles. The number of rotatable bonds is 1. The number of hydrogen-bond donors (Lipinski definition) is 0. The molecule has 0 atom stereocenters. The molecule has 0 fully saturated rings. The zero-order valence-electron chi connectivity index (χ0n) is 4.19. The Morgan fingerprint density at radius 2 is 2.38 bits per heavy atom. The molecule has 0 saturated carbocycles. The van der Waals surface area contributed by atoms with Gasteiger partial charge in [-0.15, -0.1) is 12.4 Å². The number of halogens is 1. The van der Waals surface area contributed by atoms with Crippen LogP contribution in [0.15, 0.2) is 23.6 Å². The highest BCUT2D eigenvalue weighted by Gasteiger charge is 1.74. The van der Waals surface area contributed by atoms with Crippen LogP contribution in [-0.2, 0) is 0 Å². The summed E-state index contributed by atoms with van der Waals surface area (Å²) in [5, 5.41) is 7.21. The average molecular weight is 132 g/mol. The minimum atomic E-state index is 0. The van der Waals surface area contributed by atoms with Gasteiger partial charge in [-0.1, -0.05) is 0 Å². The van der Waals surface area contributed by atoms with Gasteiger partial charge in [0, 0.05) is 6.72 Å². The Morgan fingerprint density at radius 1 is 1.62 bits per heavy atom. The fourth-order valence-corrected chi connectivity index (χ4v) is 0.344. The average Bonchev–Trinajstić information content (AvgIpc) is 2.14. The van der Waals surface area contributed by atoms with Crippen molar-refractivity contribution in [3.8, 4) is 0 Å². The highest BCUT2D eigenvalue weighted by molar-refractivity contribution is 5.85. The molecule has 0 aliphatic carbocycles. The molecule has 0 aliphatic heterocycles. The van der Waals surface area contributed by atoms with Crippen LogP contribution >= 0.6 is 12.4 Å². The van der Waals surface area contributed by atoms with Gasteiger partial charge in [-0.2, -0.15) is 15.0 Å². The molecule has 1 aromatic rings. The highest BCUT2D eigenvalue weighted by atomic mass is 35.5. The Hall–Kier alpha value is -0.830. The van der Waals surface area contributed by atoms with Crippen molar-refractivity contribution < 1.29 is 0 Å². The van der Waals surface area contributed by atoms with Gasteiger partial charge >= 0.3 is 0 Å². The quantitative estimate of drug-likeness (QED) is 0.518. The smallest absolute Gasteiger partial charge is 0.0511 e. The molecule has 0 aliphatic rings. The van der Waals surface area contributed by atoms with E-state index in [-0.39, 0.29) is 12.4 Å². The molecule has 44 valence electrons. The van der Waals surface area contributed by atoms with Crippen LogP contribution in [-0.4, -0.2) is 16.6 Å². The van der Waals surface area contributed by atoms with E-state index in [1.54, 1.807) is 18.5 Å². The van der Waals surface area contributed by atoms with Gasteiger partial charge in [-0.25, -0.2) is 0 Å². The molecule has 1 aromatic heterocycles. The second-order valence-corrected chi connectivity index (χ2v) is 1.07. The fraction of sp³-hybridized carbons (Fsp3) is 0. The van der Waals surface area contributed by atoms with Crippen molar-refractivity contribution in [3.63, 3.8) is 0 Å². The first kappa shape index (κ1) is 7.17. The van der Waals surface area contributed by atoms with Gasteiger partial charge in [0.15, 0.2) is 0 Å². The van der Waals surface area contributed by atoms with Crippen molar-refractivity contribution in [2.24, 2.45) is 5.10 Å². The molecule has 0 bridgehead atoms. The summed E-state index contributed by atoms with van der Waals surface area (Å²) in [5.41, 5.74) is 0. The largest absolute Gasteiger partial charge is 0.167 e. The number of hydrogen-bond acceptors (Lipinski definition) is 2. The van der Waals surface area contributed by atoms with Crippen LogP contribution in [0.1, 0.15) is 0 Å². The molecular weight excluding hydrogens is 126 g/mol. The van der Waals surface area contributed by atoms with Crippen LogP contribution in [0.3, 0.4) is 0 Å². The third-order valence-corrected chi connectivity index (χ3v) is 0.635. The van der Waals surface area contributed by atoms with Crippen LogP contribution in [0.25, 0.3) is 0 Å². The first-order chi connectivity index (χ1) is 3.43. The van der Waals surface area contributed by atoms with E-state index in [2.05, 4.69) is 16.9 Å². The third kappa shape index (κ3) is 1.35. The van der Waals surface area contributed by atoms with Crippen molar-refractivity contribution >= 4 is 19.1 Å². The maximum absolute atomic E-state index is 3.72. The van der Waals surface area contributed by atoms with E-state index in [9.17, 15) is 0 Å². The Labute approximate surface area is 53.4 Å². The van der Waals surface area contributed by atoms with Gasteiger partial charge in [0.1, 0.15) is 0 Å². The van der Waals surface area contributed by atoms with Crippen LogP contribution in [0, 0.1) is 0 Å². The molecule has 4 heteroatoms. The normalized spacial score (nSPS) is 7.50. The Morgan fingerprint density at radius 3 is 2.62 bits per heavy atom. The summed E-state index contributed by atoms with van der Waals surface area (Å²) in [6, 6.07) is 1.79. The van der Waals surface area contributed by atoms with Crippen molar-refractivity contribution in [2.45, 2.75) is 0 Å². The predicted molar refractivity (Wildman–Crippen MR) is 34.4 cm³/mol. The SMILES string of the molecule is C=Nn1cccn1.Cl. The van der Waals surface area contributed by atoms with E-state index < -0.39 is 0 Å². The summed E-state index contributed by atoms with van der Waals surface area (Å²) >= 11 is 0. The summed E-state index contributed by atoms with van der Waals surface area (Å²) in [6.07, 6.45) is 3.36. The van der Waals surface area contributed by atoms with E-state index in [4.69, 9.17) is 0 Å². The minimum absolute atomic E-state index is 0. The van der Waals surface area contributed by atoms with Crippen molar-refractivity contribution in [2.75, 3.05) is 0 Å². The lowest BCUT2D eigenvalue weighted by Gasteiger charge is -1.80. The molecule has 0 amide bonds. The number of aromatic nitrogens is 2. The lowest BCUT2D eigenvalue weighted by atomic mass is 10.8. The van der Waals surface area contributed by atoms with Crippen LogP contribution in [0.5, 0.6) is 0 Å². The van der Waals surface area contributed by atoms with Gasteiger partial charge in [0.05, 0.1) is 12.4 Å². The van der Waals surface area contributed by atoms with Gasteiger partial charge in [-0.3, -0.25) is 0 Å². The minimum Gasteiger partial charge on any atom is -0.167 e. The first-order valence-electron chi connectivity index (χ1n) is 1.90. The first-order valence-corrected chi connectivity index (χ1v) is 1.90. The summed E-state index contributed by atoms with van der Waals surface area (Å²) in [5.74, 6) is 0. The lowest BCUT2D eigenvalue weighted by Crippen LogP contribution is -1.83. The summed E-state index contributed by atoms with van der Waals surface area (Å²) in [6.45, 7) is 3.25. The topological polar surface area (TPSA) is 30.2 Å². The van der Waals surface area contributed by atoms with Crippen molar-refractivity contribution in [1.82, 2.24) is 9.89 Å². The van der Waals surface area contributed by atoms with E-state index in [0.717, 1.165) is 0 Å². The molecule has 0 spiro atoms. The molecule has 0 N–H and O–H groups in total. The predicted octanol–water partition coefficient (Wildman–Crippen LogP) is 0.769. The zero-order chi connectivity index (χ0) is 5.11. The Balaban J connectivity index is 0.000000490. The fourth-order valence-electron chi connectivity index (χ4n) is 0.344. The van der Waals surface area contributed by atoms with Crippen LogP contribution < -0.4 is 0 Å². The van der Waals surface area contributed by atoms with Crippen molar-refractivity contribution in [3.05, 3.63) is 18.5 Å². The molecule has 1 rings (SSSR count). The summed E-state index contributed by atoms with van der Waals surface area (Å²) in [7, 11) is 0. The van der Waals surface area contributed by atoms with E-state index in [1.165, 1.54) is 4.79 Å². The molecule has 1 heterocycles. The molecule has 0 unspecified atom stereocenters. The van der Waals surface area contributed by atoms with Gasteiger partial charge in [-0.05, 0) is 6.07 Å². The molecular formula is C4H6ClN3. The maximum atomic E-state index is 3.72. The standard InChI is InChI=1S/C4H5N3.ClH/c1-5-7-4-2-3-6-7;/h2-4H,1H2;1H. The second kappa shape index (κ2) is 3.21. The zero-order valence-corrected chi connectivity index (χ0v) is 5.01. The molecule has 8 heavy (non-hydrogen) atoms. The summed E-state index contributed by atoms with van der Waals surface area (Å²) < 4.78 is 0. The second-order valence-electron chi connectivity index (χ2n) is 1.07. The Kier molecular flexibility index (Phi) is 2.88. The molecule has 3 nitrogen and oxygen atoms in total. The van der Waals surface area contributed by atoms with Gasteiger partial charge in [0.2, 0.25) is 0 Å². The highest BCUT2D eigenvalue weighted by Crippen LogP contribution is 1.78. The van der Waals surface area contributed by atoms with E-state index in [1.807, 2.05) is 0 Å². The van der Waals surface area contributed by atoms with Gasteiger partial charge < -0.3 is 0 Å². The third-order valence-electron chi connectivity index (χ3n) is 0.635. The molecule has 0 radical (unpaired) electrons. The number of nitrogens with zero attached hydrogens (tertiary/aromatic N) is 3. The van der Waals surface area contributed by atoms with Crippen LogP contribution in [0.2, 0.25) is 0 Å².